The summed E-state index contributed by atoms with van der Waals surface area (Å²) in [4.78, 5) is 54.5. The van der Waals surface area contributed by atoms with Crippen molar-refractivity contribution in [3.8, 4) is 0 Å². The zero-order chi connectivity index (χ0) is 31.6. The van der Waals surface area contributed by atoms with Crippen LogP contribution in [-0.4, -0.2) is 28.9 Å². The van der Waals surface area contributed by atoms with Crippen LogP contribution in [-0.2, 0) is 26.2 Å². The summed E-state index contributed by atoms with van der Waals surface area (Å²) in [5, 5.41) is 18.5. The van der Waals surface area contributed by atoms with Gasteiger partial charge in [0.15, 0.2) is 0 Å². The van der Waals surface area contributed by atoms with E-state index in [0.29, 0.717) is 0 Å². The number of hydrazone groups is 1. The van der Waals surface area contributed by atoms with Gasteiger partial charge in [-0.1, -0.05) is 103 Å². The van der Waals surface area contributed by atoms with Crippen molar-refractivity contribution in [3.63, 3.8) is 0 Å². The Hall–Kier alpha value is -5.96. The number of nitro benzene ring substituents is 1. The average molecular weight is 607 g/mol. The Morgan fingerprint density at radius 1 is 0.826 bits per heavy atom. The van der Waals surface area contributed by atoms with E-state index in [1.54, 1.807) is 12.3 Å². The summed E-state index contributed by atoms with van der Waals surface area (Å²) in [7, 11) is 0. The molecular weight excluding hydrogens is 580 g/mol. The quantitative estimate of drug-likeness (QED) is 0.116. The van der Waals surface area contributed by atoms with Crippen LogP contribution in [0.25, 0.3) is 10.8 Å². The van der Waals surface area contributed by atoms with Gasteiger partial charge in [0.2, 0.25) is 17.7 Å². The molecule has 2 bridgehead atoms. The highest BCUT2D eigenvalue weighted by Gasteiger charge is 2.68. The van der Waals surface area contributed by atoms with E-state index in [1.807, 2.05) is 91.0 Å². The minimum Gasteiger partial charge on any atom is -0.274 e. The third-order valence-electron chi connectivity index (χ3n) is 9.69. The predicted octanol–water partition coefficient (Wildman–Crippen LogP) is 5.64. The largest absolute Gasteiger partial charge is 0.293 e. The average Bonchev–Trinajstić information content (AvgIpc) is 3.35. The number of amides is 3. The Kier molecular flexibility index (Phi) is 6.18. The van der Waals surface area contributed by atoms with Gasteiger partial charge in [-0.05, 0) is 44.7 Å². The number of imide groups is 1. The van der Waals surface area contributed by atoms with E-state index < -0.39 is 39.9 Å². The molecule has 1 heterocycles. The van der Waals surface area contributed by atoms with Gasteiger partial charge >= 0.3 is 0 Å². The number of para-hydroxylation sites is 2. The number of carbonyl (C=O) groups excluding carboxylic acids is 3. The van der Waals surface area contributed by atoms with Gasteiger partial charge < -0.3 is 0 Å². The number of hydrogen-bond donors (Lipinski definition) is 1. The Morgan fingerprint density at radius 2 is 1.46 bits per heavy atom. The van der Waals surface area contributed by atoms with Gasteiger partial charge in [0, 0.05) is 18.2 Å². The van der Waals surface area contributed by atoms with Gasteiger partial charge in [0.25, 0.3) is 5.69 Å². The zero-order valence-electron chi connectivity index (χ0n) is 24.4. The molecule has 1 fully saturated rings. The number of rotatable bonds is 6. The van der Waals surface area contributed by atoms with Crippen LogP contribution >= 0.6 is 0 Å². The number of fused-ring (bicyclic) bond motifs is 1. The molecule has 0 radical (unpaired) electrons. The van der Waals surface area contributed by atoms with E-state index in [0.717, 1.165) is 43.5 Å². The van der Waals surface area contributed by atoms with E-state index in [2.05, 4.69) is 10.5 Å². The maximum atomic E-state index is 14.5. The fraction of sp³-hybridized carbons (Fsp3) is 0.135. The van der Waals surface area contributed by atoms with Crippen molar-refractivity contribution in [3.05, 3.63) is 153 Å². The first-order valence-electron chi connectivity index (χ1n) is 15.0. The minimum atomic E-state index is -1.22. The molecule has 4 aliphatic rings. The molecule has 0 unspecified atom stereocenters. The van der Waals surface area contributed by atoms with Crippen molar-refractivity contribution in [2.24, 2.45) is 16.9 Å². The van der Waals surface area contributed by atoms with Crippen molar-refractivity contribution < 1.29 is 19.3 Å². The lowest BCUT2D eigenvalue weighted by molar-refractivity contribution is -0.384. The van der Waals surface area contributed by atoms with Crippen LogP contribution in [0.5, 0.6) is 0 Å². The van der Waals surface area contributed by atoms with Crippen LogP contribution in [0.4, 0.5) is 11.4 Å². The molecule has 3 aliphatic carbocycles. The molecule has 1 aliphatic heterocycles. The molecule has 1 N–H and O–H groups in total. The van der Waals surface area contributed by atoms with E-state index in [-0.39, 0.29) is 23.7 Å². The summed E-state index contributed by atoms with van der Waals surface area (Å²) in [5.41, 5.74) is 5.36. The SMILES string of the molecule is O=C(Cc1cccc2ccccc12)N/N=C\C12c3ccccc3C(c3ccccc31)[C@H]1C(=O)N(c3ccccc3[N+](=O)[O-])C(=O)[C@@H]12. The third kappa shape index (κ3) is 3.81. The second kappa shape index (κ2) is 10.3. The van der Waals surface area contributed by atoms with Gasteiger partial charge in [-0.3, -0.25) is 24.5 Å². The Morgan fingerprint density at radius 3 is 2.20 bits per heavy atom. The van der Waals surface area contributed by atoms with E-state index in [9.17, 15) is 24.5 Å². The van der Waals surface area contributed by atoms with Gasteiger partial charge in [0.1, 0.15) is 5.69 Å². The zero-order valence-corrected chi connectivity index (χ0v) is 24.4. The van der Waals surface area contributed by atoms with E-state index >= 15 is 0 Å². The molecular formula is C37H26N4O5. The second-order valence-electron chi connectivity index (χ2n) is 11.9. The summed E-state index contributed by atoms with van der Waals surface area (Å²) in [6.07, 6.45) is 1.68. The highest BCUT2D eigenvalue weighted by atomic mass is 16.6. The van der Waals surface area contributed by atoms with Gasteiger partial charge in [0.05, 0.1) is 28.6 Å². The number of nitrogens with zero attached hydrogens (tertiary/aromatic N) is 3. The Labute approximate surface area is 263 Å². The highest BCUT2D eigenvalue weighted by molar-refractivity contribution is 6.25. The second-order valence-corrected chi connectivity index (χ2v) is 11.9. The van der Waals surface area contributed by atoms with Crippen molar-refractivity contribution in [1.29, 1.82) is 0 Å². The molecule has 3 amide bonds. The Bertz CT molecular complexity index is 2100. The fourth-order valence-electron chi connectivity index (χ4n) is 7.96. The van der Waals surface area contributed by atoms with Crippen LogP contribution < -0.4 is 10.3 Å². The van der Waals surface area contributed by atoms with Crippen molar-refractivity contribution in [2.75, 3.05) is 4.90 Å². The molecule has 5 aromatic carbocycles. The molecule has 0 saturated carbocycles. The third-order valence-corrected chi connectivity index (χ3v) is 9.69. The predicted molar refractivity (Wildman–Crippen MR) is 172 cm³/mol. The molecule has 5 aromatic rings. The number of nitrogens with one attached hydrogen (secondary N) is 1. The molecule has 9 rings (SSSR count). The fourth-order valence-corrected chi connectivity index (χ4v) is 7.96. The molecule has 1 saturated heterocycles. The molecule has 2 atom stereocenters. The summed E-state index contributed by atoms with van der Waals surface area (Å²) >= 11 is 0. The molecule has 46 heavy (non-hydrogen) atoms. The van der Waals surface area contributed by atoms with Crippen molar-refractivity contribution >= 4 is 46.1 Å². The smallest absolute Gasteiger partial charge is 0.274 e. The number of nitro groups is 1. The minimum absolute atomic E-state index is 0.0557. The summed E-state index contributed by atoms with van der Waals surface area (Å²) in [6, 6.07) is 34.8. The first-order chi connectivity index (χ1) is 22.4. The van der Waals surface area contributed by atoms with Crippen molar-refractivity contribution in [2.45, 2.75) is 17.8 Å². The molecule has 224 valence electrons. The van der Waals surface area contributed by atoms with Crippen LogP contribution in [0.2, 0.25) is 0 Å². The first kappa shape index (κ1) is 27.6. The monoisotopic (exact) mass is 606 g/mol. The number of hydrogen-bond acceptors (Lipinski definition) is 6. The van der Waals surface area contributed by atoms with Crippen LogP contribution in [0.3, 0.4) is 0 Å². The Balaban J connectivity index is 1.24. The number of anilines is 1. The maximum absolute atomic E-state index is 14.5. The first-order valence-corrected chi connectivity index (χ1v) is 15.0. The molecule has 0 spiro atoms. The molecule has 9 heteroatoms. The van der Waals surface area contributed by atoms with Gasteiger partial charge in [-0.25, -0.2) is 10.3 Å². The number of benzene rings is 5. The van der Waals surface area contributed by atoms with Crippen LogP contribution in [0, 0.1) is 22.0 Å². The normalized spacial score (nSPS) is 22.5. The number of carbonyl (C=O) groups is 3. The lowest BCUT2D eigenvalue weighted by Crippen LogP contribution is -2.54. The van der Waals surface area contributed by atoms with E-state index in [4.69, 9.17) is 0 Å². The lowest BCUT2D eigenvalue weighted by atomic mass is 9.47. The van der Waals surface area contributed by atoms with Gasteiger partial charge in [-0.15, -0.1) is 0 Å². The lowest BCUT2D eigenvalue weighted by Gasteiger charge is -2.52. The van der Waals surface area contributed by atoms with Crippen molar-refractivity contribution in [1.82, 2.24) is 5.43 Å². The molecule has 0 aromatic heterocycles. The van der Waals surface area contributed by atoms with Gasteiger partial charge in [-0.2, -0.15) is 5.10 Å². The summed E-state index contributed by atoms with van der Waals surface area (Å²) < 4.78 is 0. The van der Waals surface area contributed by atoms with Crippen LogP contribution in [0.15, 0.2) is 120 Å². The van der Waals surface area contributed by atoms with Crippen LogP contribution in [0.1, 0.15) is 33.7 Å². The summed E-state index contributed by atoms with van der Waals surface area (Å²) in [6.45, 7) is 0. The molecule has 9 nitrogen and oxygen atoms in total. The standard InChI is InChI=1S/C37H26N4O5/c42-31(20-23-12-9-11-22-10-1-2-13-24(22)23)39-38-21-37-27-16-5-3-14-25(27)32(26-15-4-6-17-28(26)37)33-34(37)36(44)40(35(33)43)29-18-7-8-19-30(29)41(45)46/h1-19,21,32-34H,20H2,(H,39,42)/b38-21-/t32?,33-,34-,37?/m1/s1. The summed E-state index contributed by atoms with van der Waals surface area (Å²) in [5.74, 6) is -3.55. The van der Waals surface area contributed by atoms with E-state index in [1.165, 1.54) is 18.2 Å². The highest BCUT2D eigenvalue weighted by Crippen LogP contribution is 2.63. The maximum Gasteiger partial charge on any atom is 0.293 e. The topological polar surface area (TPSA) is 122 Å².